The number of carbonyl (C=O) groups is 1. The van der Waals surface area contributed by atoms with E-state index in [2.05, 4.69) is 5.32 Å². The number of nitrogen functional groups attached to an aromatic ring is 1. The summed E-state index contributed by atoms with van der Waals surface area (Å²) in [4.78, 5) is 24.8. The minimum Gasteiger partial charge on any atom is -0.479 e. The van der Waals surface area contributed by atoms with Crippen LogP contribution >= 0.6 is 0 Å². The van der Waals surface area contributed by atoms with Crippen LogP contribution in [0.5, 0.6) is 5.75 Å². The van der Waals surface area contributed by atoms with Crippen molar-refractivity contribution in [2.75, 3.05) is 11.1 Å². The van der Waals surface area contributed by atoms with Crippen LogP contribution in [-0.2, 0) is 4.79 Å². The molecule has 136 valence electrons. The van der Waals surface area contributed by atoms with Crippen molar-refractivity contribution < 1.29 is 13.9 Å². The molecule has 4 rings (SSSR count). The molecule has 2 heterocycles. The number of nitrogens with one attached hydrogen (secondary N) is 1. The summed E-state index contributed by atoms with van der Waals surface area (Å²) in [6.07, 6.45) is 1.59. The summed E-state index contributed by atoms with van der Waals surface area (Å²) in [5.41, 5.74) is 6.79. The smallest absolute Gasteiger partial charge is 0.336 e. The molecule has 1 aromatic heterocycles. The van der Waals surface area contributed by atoms with E-state index < -0.39 is 11.2 Å². The largest absolute Gasteiger partial charge is 0.479 e. The van der Waals surface area contributed by atoms with E-state index in [0.717, 1.165) is 0 Å². The zero-order chi connectivity index (χ0) is 19.2. The van der Waals surface area contributed by atoms with Crippen LogP contribution in [0.2, 0.25) is 0 Å². The van der Waals surface area contributed by atoms with Crippen molar-refractivity contribution in [3.05, 3.63) is 70.7 Å². The highest BCUT2D eigenvalue weighted by Crippen LogP contribution is 2.41. The normalized spacial score (nSPS) is 16.8. The Bertz CT molecular complexity index is 1160. The van der Waals surface area contributed by atoms with Gasteiger partial charge in [-0.25, -0.2) is 4.79 Å². The number of ketones is 1. The van der Waals surface area contributed by atoms with E-state index >= 15 is 0 Å². The molecule has 2 aromatic carbocycles. The van der Waals surface area contributed by atoms with Gasteiger partial charge in [0.1, 0.15) is 11.3 Å². The fourth-order valence-corrected chi connectivity index (χ4v) is 3.13. The Morgan fingerprint density at radius 2 is 1.78 bits per heavy atom. The van der Waals surface area contributed by atoms with Gasteiger partial charge in [-0.2, -0.15) is 0 Å². The monoisotopic (exact) mass is 362 g/mol. The Morgan fingerprint density at radius 1 is 1.04 bits per heavy atom. The minimum absolute atomic E-state index is 0.226. The second-order valence-corrected chi connectivity index (χ2v) is 6.84. The number of hydrogen-bond donors (Lipinski definition) is 2. The van der Waals surface area contributed by atoms with E-state index in [1.165, 1.54) is 6.07 Å². The van der Waals surface area contributed by atoms with Gasteiger partial charge in [-0.1, -0.05) is 12.1 Å². The third-order valence-corrected chi connectivity index (χ3v) is 4.51. The second-order valence-electron chi connectivity index (χ2n) is 6.84. The van der Waals surface area contributed by atoms with Crippen molar-refractivity contribution in [1.82, 2.24) is 0 Å². The van der Waals surface area contributed by atoms with Crippen molar-refractivity contribution in [3.8, 4) is 5.75 Å². The highest BCUT2D eigenvalue weighted by atomic mass is 16.5. The van der Waals surface area contributed by atoms with Gasteiger partial charge in [0.2, 0.25) is 5.78 Å². The van der Waals surface area contributed by atoms with Crippen molar-refractivity contribution in [1.29, 1.82) is 0 Å². The first-order valence-corrected chi connectivity index (χ1v) is 8.49. The molecule has 0 aliphatic carbocycles. The number of fused-ring (bicyclic) bond motifs is 3. The summed E-state index contributed by atoms with van der Waals surface area (Å²) in [5, 5.41) is 3.79. The molecule has 0 spiro atoms. The van der Waals surface area contributed by atoms with E-state index in [-0.39, 0.29) is 5.78 Å². The average Bonchev–Trinajstić information content (AvgIpc) is 2.63. The number of nitrogens with two attached hydrogens (primary N) is 1. The summed E-state index contributed by atoms with van der Waals surface area (Å²) in [6.45, 7) is 3.41. The van der Waals surface area contributed by atoms with Crippen LogP contribution < -0.4 is 21.4 Å². The molecule has 0 unspecified atom stereocenters. The molecule has 0 amide bonds. The lowest BCUT2D eigenvalue weighted by atomic mass is 9.87. The van der Waals surface area contributed by atoms with E-state index in [0.29, 0.717) is 39.2 Å². The second kappa shape index (κ2) is 6.02. The van der Waals surface area contributed by atoms with Crippen LogP contribution in [0.3, 0.4) is 0 Å². The predicted molar refractivity (Wildman–Crippen MR) is 105 cm³/mol. The van der Waals surface area contributed by atoms with Crippen molar-refractivity contribution >= 4 is 33.7 Å². The highest BCUT2D eigenvalue weighted by molar-refractivity contribution is 6.28. The van der Waals surface area contributed by atoms with Gasteiger partial charge in [-0.05, 0) is 44.2 Å². The van der Waals surface area contributed by atoms with Crippen LogP contribution in [0.4, 0.5) is 11.4 Å². The van der Waals surface area contributed by atoms with Crippen molar-refractivity contribution in [2.24, 2.45) is 0 Å². The van der Waals surface area contributed by atoms with Gasteiger partial charge in [-0.3, -0.25) is 4.79 Å². The summed E-state index contributed by atoms with van der Waals surface area (Å²) in [6, 6.07) is 13.8. The van der Waals surface area contributed by atoms with Gasteiger partial charge in [-0.15, -0.1) is 0 Å². The summed E-state index contributed by atoms with van der Waals surface area (Å²) >= 11 is 0. The van der Waals surface area contributed by atoms with Gasteiger partial charge in [0, 0.05) is 17.7 Å². The number of anilines is 2. The summed E-state index contributed by atoms with van der Waals surface area (Å²) < 4.78 is 11.3. The predicted octanol–water partition coefficient (Wildman–Crippen LogP) is 3.57. The van der Waals surface area contributed by atoms with Gasteiger partial charge >= 0.3 is 5.63 Å². The first-order chi connectivity index (χ1) is 12.9. The van der Waals surface area contributed by atoms with Gasteiger partial charge < -0.3 is 20.2 Å². The molecule has 6 heteroatoms. The number of rotatable bonds is 2. The number of carbonyl (C=O) groups excluding carboxylic acids is 1. The molecule has 1 aliphatic rings. The molecule has 0 radical (unpaired) electrons. The molecule has 0 fully saturated rings. The fourth-order valence-electron chi connectivity index (χ4n) is 3.13. The third kappa shape index (κ3) is 2.85. The standard InChI is InChI=1S/C21H18N2O4/c1-21(2)20(25)13(11-23-15-6-4-3-5-14(15)22)18-16(27-21)9-7-12-8-10-17(24)26-19(12)18/h3-11,23H,22H2,1-2H3. The molecular weight excluding hydrogens is 344 g/mol. The number of hydrogen-bond acceptors (Lipinski definition) is 6. The molecule has 6 nitrogen and oxygen atoms in total. The van der Waals surface area contributed by atoms with E-state index in [1.54, 1.807) is 44.3 Å². The lowest BCUT2D eigenvalue weighted by Crippen LogP contribution is -2.42. The highest BCUT2D eigenvalue weighted by Gasteiger charge is 2.40. The lowest BCUT2D eigenvalue weighted by molar-refractivity contribution is -0.126. The zero-order valence-corrected chi connectivity index (χ0v) is 14.9. The number of Topliss-reactive ketones (excluding diaryl/α,β-unsaturated/α-hetero) is 1. The number of benzene rings is 2. The third-order valence-electron chi connectivity index (χ3n) is 4.51. The summed E-state index contributed by atoms with van der Waals surface area (Å²) in [5.74, 6) is 0.256. The van der Waals surface area contributed by atoms with Gasteiger partial charge in [0.25, 0.3) is 0 Å². The molecule has 0 bridgehead atoms. The first kappa shape index (κ1) is 16.9. The molecule has 0 atom stereocenters. The Hall–Kier alpha value is -3.54. The quantitative estimate of drug-likeness (QED) is 0.411. The summed E-state index contributed by atoms with van der Waals surface area (Å²) in [7, 11) is 0. The van der Waals surface area contributed by atoms with E-state index in [9.17, 15) is 9.59 Å². The molecule has 27 heavy (non-hydrogen) atoms. The lowest BCUT2D eigenvalue weighted by Gasteiger charge is -2.32. The Kier molecular flexibility index (Phi) is 3.77. The SMILES string of the molecule is CC1(C)Oc2ccc3ccc(=O)oc3c2C(=CNc2ccccc2N)C1=O. The molecule has 3 N–H and O–H groups in total. The van der Waals surface area contributed by atoms with Crippen molar-refractivity contribution in [3.63, 3.8) is 0 Å². The first-order valence-electron chi connectivity index (χ1n) is 8.49. The van der Waals surface area contributed by atoms with Crippen LogP contribution in [0, 0.1) is 0 Å². The topological polar surface area (TPSA) is 94.6 Å². The zero-order valence-electron chi connectivity index (χ0n) is 14.9. The maximum absolute atomic E-state index is 13.1. The Morgan fingerprint density at radius 3 is 2.56 bits per heavy atom. The van der Waals surface area contributed by atoms with E-state index in [4.69, 9.17) is 14.9 Å². The number of para-hydroxylation sites is 2. The number of ether oxygens (including phenoxy) is 1. The van der Waals surface area contributed by atoms with Gasteiger partial charge in [0.15, 0.2) is 5.60 Å². The molecule has 3 aromatic rings. The molecule has 0 saturated heterocycles. The van der Waals surface area contributed by atoms with Crippen LogP contribution in [0.25, 0.3) is 16.5 Å². The van der Waals surface area contributed by atoms with Crippen LogP contribution in [0.15, 0.2) is 63.9 Å². The maximum atomic E-state index is 13.1. The Labute approximate surface area is 155 Å². The fraction of sp³-hybridized carbons (Fsp3) is 0.143. The minimum atomic E-state index is -1.05. The van der Waals surface area contributed by atoms with Crippen LogP contribution in [-0.4, -0.2) is 11.4 Å². The maximum Gasteiger partial charge on any atom is 0.336 e. The average molecular weight is 362 g/mol. The molecule has 0 saturated carbocycles. The Balaban J connectivity index is 1.94. The van der Waals surface area contributed by atoms with E-state index in [1.807, 2.05) is 18.2 Å². The van der Waals surface area contributed by atoms with Crippen LogP contribution in [0.1, 0.15) is 19.4 Å². The molecule has 1 aliphatic heterocycles. The van der Waals surface area contributed by atoms with Crippen molar-refractivity contribution in [2.45, 2.75) is 19.4 Å². The molecular formula is C21H18N2O4. The van der Waals surface area contributed by atoms with Gasteiger partial charge in [0.05, 0.1) is 22.5 Å².